The summed E-state index contributed by atoms with van der Waals surface area (Å²) in [6.45, 7) is 4.78. The molecule has 23 heavy (non-hydrogen) atoms. The fourth-order valence-corrected chi connectivity index (χ4v) is 2.27. The Morgan fingerprint density at radius 2 is 1.96 bits per heavy atom. The van der Waals surface area contributed by atoms with E-state index >= 15 is 0 Å². The van der Waals surface area contributed by atoms with Gasteiger partial charge < -0.3 is 5.32 Å². The molecule has 6 nitrogen and oxygen atoms in total. The number of alkyl halides is 3. The molecule has 0 radical (unpaired) electrons. The number of hydrogen-bond donors (Lipinski definition) is 1. The van der Waals surface area contributed by atoms with Crippen LogP contribution in [0.15, 0.2) is 12.1 Å². The van der Waals surface area contributed by atoms with E-state index in [1.807, 2.05) is 24.6 Å². The summed E-state index contributed by atoms with van der Waals surface area (Å²) in [5.41, 5.74) is 0.740. The van der Waals surface area contributed by atoms with Crippen molar-refractivity contribution in [1.29, 1.82) is 0 Å². The van der Waals surface area contributed by atoms with E-state index in [1.54, 1.807) is 0 Å². The molecule has 2 aromatic rings. The van der Waals surface area contributed by atoms with Gasteiger partial charge >= 0.3 is 6.18 Å². The lowest BCUT2D eigenvalue weighted by molar-refractivity contribution is -0.143. The molecule has 1 N–H and O–H groups in total. The molecule has 2 aromatic heterocycles. The fourth-order valence-electron chi connectivity index (χ4n) is 2.27. The van der Waals surface area contributed by atoms with Crippen molar-refractivity contribution in [2.24, 2.45) is 7.05 Å². The van der Waals surface area contributed by atoms with Crippen molar-refractivity contribution in [3.8, 4) is 0 Å². The first-order valence-electron chi connectivity index (χ1n) is 7.09. The number of nitrogens with one attached hydrogen (secondary N) is 1. The van der Waals surface area contributed by atoms with Crippen LogP contribution in [0, 0.1) is 13.8 Å². The average Bonchev–Trinajstić information content (AvgIpc) is 2.97. The Balaban J connectivity index is 1.87. The molecule has 0 saturated heterocycles. The summed E-state index contributed by atoms with van der Waals surface area (Å²) >= 11 is 0. The molecule has 9 heteroatoms. The number of nitrogens with zero attached hydrogens (tertiary/aromatic N) is 4. The van der Waals surface area contributed by atoms with Crippen LogP contribution in [0.5, 0.6) is 0 Å². The number of carbonyl (C=O) groups excluding carboxylic acids is 1. The molecule has 0 spiro atoms. The van der Waals surface area contributed by atoms with E-state index in [0.717, 1.165) is 24.5 Å². The zero-order chi connectivity index (χ0) is 17.2. The summed E-state index contributed by atoms with van der Waals surface area (Å²) in [4.78, 5) is 11.8. The maximum Gasteiger partial charge on any atom is 0.433 e. The van der Waals surface area contributed by atoms with Crippen LogP contribution in [0.1, 0.15) is 34.0 Å². The van der Waals surface area contributed by atoms with Gasteiger partial charge in [-0.05, 0) is 26.3 Å². The van der Waals surface area contributed by atoms with Gasteiger partial charge in [-0.15, -0.1) is 0 Å². The van der Waals surface area contributed by atoms with Gasteiger partial charge in [0.15, 0.2) is 5.69 Å². The van der Waals surface area contributed by atoms with E-state index in [0.29, 0.717) is 24.2 Å². The van der Waals surface area contributed by atoms with Crippen LogP contribution in [-0.4, -0.2) is 32.0 Å². The summed E-state index contributed by atoms with van der Waals surface area (Å²) in [6, 6.07) is 2.70. The Bertz CT molecular complexity index is 702. The summed E-state index contributed by atoms with van der Waals surface area (Å²) in [5, 5.41) is 10.5. The van der Waals surface area contributed by atoms with Crippen LogP contribution in [0.25, 0.3) is 0 Å². The Hall–Kier alpha value is -2.32. The minimum absolute atomic E-state index is 0.245. The Labute approximate surface area is 131 Å². The number of rotatable bonds is 5. The van der Waals surface area contributed by atoms with Crippen molar-refractivity contribution in [2.45, 2.75) is 33.0 Å². The predicted octanol–water partition coefficient (Wildman–Crippen LogP) is 2.07. The first-order chi connectivity index (χ1) is 10.7. The molecule has 1 amide bonds. The van der Waals surface area contributed by atoms with Gasteiger partial charge in [-0.1, -0.05) is 0 Å². The van der Waals surface area contributed by atoms with Gasteiger partial charge in [0.05, 0.1) is 5.69 Å². The molecule has 126 valence electrons. The van der Waals surface area contributed by atoms with Crippen molar-refractivity contribution in [3.63, 3.8) is 0 Å². The topological polar surface area (TPSA) is 64.7 Å². The van der Waals surface area contributed by atoms with Crippen molar-refractivity contribution in [3.05, 3.63) is 34.9 Å². The van der Waals surface area contributed by atoms with Gasteiger partial charge in [-0.25, -0.2) is 0 Å². The largest absolute Gasteiger partial charge is 0.433 e. The van der Waals surface area contributed by atoms with Gasteiger partial charge in [0.2, 0.25) is 0 Å². The van der Waals surface area contributed by atoms with Gasteiger partial charge in [-0.2, -0.15) is 23.4 Å². The molecule has 0 fully saturated rings. The van der Waals surface area contributed by atoms with E-state index in [9.17, 15) is 18.0 Å². The first-order valence-corrected chi connectivity index (χ1v) is 7.09. The fraction of sp³-hybridized carbons (Fsp3) is 0.500. The lowest BCUT2D eigenvalue weighted by Crippen LogP contribution is -2.26. The molecule has 0 atom stereocenters. The Kier molecular flexibility index (Phi) is 4.76. The lowest BCUT2D eigenvalue weighted by atomic mass is 10.3. The SMILES string of the molecule is Cc1cc(C)n(CCCNC(=O)c2cc(C(F)(F)F)n(C)n2)n1. The number of carbonyl (C=O) groups is 1. The third kappa shape index (κ3) is 4.11. The van der Waals surface area contributed by atoms with E-state index in [4.69, 9.17) is 0 Å². The van der Waals surface area contributed by atoms with E-state index in [-0.39, 0.29) is 5.69 Å². The monoisotopic (exact) mass is 329 g/mol. The first kappa shape index (κ1) is 17.0. The molecule has 0 bridgehead atoms. The third-order valence-electron chi connectivity index (χ3n) is 3.34. The predicted molar refractivity (Wildman–Crippen MR) is 76.9 cm³/mol. The van der Waals surface area contributed by atoms with Gasteiger partial charge in [-0.3, -0.25) is 14.2 Å². The summed E-state index contributed by atoms with van der Waals surface area (Å²) < 4.78 is 40.5. The minimum Gasteiger partial charge on any atom is -0.351 e. The quantitative estimate of drug-likeness (QED) is 0.854. The smallest absolute Gasteiger partial charge is 0.351 e. The van der Waals surface area contributed by atoms with Crippen molar-refractivity contribution >= 4 is 5.91 Å². The number of amides is 1. The Morgan fingerprint density at radius 1 is 1.26 bits per heavy atom. The molecule has 0 aromatic carbocycles. The second-order valence-electron chi connectivity index (χ2n) is 5.30. The van der Waals surface area contributed by atoms with Gasteiger partial charge in [0, 0.05) is 31.9 Å². The highest BCUT2D eigenvalue weighted by atomic mass is 19.4. The summed E-state index contributed by atoms with van der Waals surface area (Å²) in [7, 11) is 1.16. The second-order valence-corrected chi connectivity index (χ2v) is 5.30. The highest BCUT2D eigenvalue weighted by Gasteiger charge is 2.35. The molecular formula is C14H18F3N5O. The highest BCUT2D eigenvalue weighted by molar-refractivity contribution is 5.92. The van der Waals surface area contributed by atoms with Crippen LogP contribution in [0.4, 0.5) is 13.2 Å². The van der Waals surface area contributed by atoms with Crippen molar-refractivity contribution < 1.29 is 18.0 Å². The van der Waals surface area contributed by atoms with E-state index < -0.39 is 17.8 Å². The normalized spacial score (nSPS) is 11.7. The maximum absolute atomic E-state index is 12.7. The zero-order valence-corrected chi connectivity index (χ0v) is 13.1. The van der Waals surface area contributed by atoms with Gasteiger partial charge in [0.25, 0.3) is 5.91 Å². The number of aromatic nitrogens is 4. The third-order valence-corrected chi connectivity index (χ3v) is 3.34. The molecule has 0 unspecified atom stereocenters. The summed E-state index contributed by atoms with van der Waals surface area (Å²) in [6.07, 6.45) is -3.91. The average molecular weight is 329 g/mol. The van der Waals surface area contributed by atoms with Crippen LogP contribution >= 0.6 is 0 Å². The van der Waals surface area contributed by atoms with E-state index in [2.05, 4.69) is 15.5 Å². The Morgan fingerprint density at radius 3 is 2.48 bits per heavy atom. The zero-order valence-electron chi connectivity index (χ0n) is 13.1. The summed E-state index contributed by atoms with van der Waals surface area (Å²) in [5.74, 6) is -0.621. The number of halogens is 3. The maximum atomic E-state index is 12.7. The minimum atomic E-state index is -4.53. The molecule has 0 aliphatic rings. The van der Waals surface area contributed by atoms with Crippen LogP contribution < -0.4 is 5.32 Å². The number of aryl methyl sites for hydroxylation is 4. The van der Waals surface area contributed by atoms with Crippen LogP contribution in [-0.2, 0) is 19.8 Å². The second kappa shape index (κ2) is 6.43. The molecule has 2 rings (SSSR count). The molecule has 0 aliphatic heterocycles. The van der Waals surface area contributed by atoms with Crippen LogP contribution in [0.3, 0.4) is 0 Å². The standard InChI is InChI=1S/C14H18F3N5O/c1-9-7-10(2)22(19-9)6-4-5-18-13(23)11-8-12(14(15,16)17)21(3)20-11/h7-8H,4-6H2,1-3H3,(H,18,23). The molecule has 2 heterocycles. The lowest BCUT2D eigenvalue weighted by Gasteiger charge is -2.05. The van der Waals surface area contributed by atoms with Crippen molar-refractivity contribution in [2.75, 3.05) is 6.54 Å². The number of hydrogen-bond acceptors (Lipinski definition) is 3. The molecule has 0 saturated carbocycles. The molecular weight excluding hydrogens is 311 g/mol. The highest BCUT2D eigenvalue weighted by Crippen LogP contribution is 2.29. The molecule has 0 aliphatic carbocycles. The van der Waals surface area contributed by atoms with E-state index in [1.165, 1.54) is 0 Å². The van der Waals surface area contributed by atoms with Crippen molar-refractivity contribution in [1.82, 2.24) is 24.9 Å². The van der Waals surface area contributed by atoms with Gasteiger partial charge in [0.1, 0.15) is 5.69 Å². The van der Waals surface area contributed by atoms with Crippen LogP contribution in [0.2, 0.25) is 0 Å².